The predicted molar refractivity (Wildman–Crippen MR) is 42.6 cm³/mol. The van der Waals surface area contributed by atoms with Gasteiger partial charge in [-0.3, -0.25) is 0 Å². The van der Waals surface area contributed by atoms with Crippen molar-refractivity contribution in [2.75, 3.05) is 13.1 Å². The maximum atomic E-state index is 8.59. The molecule has 0 radical (unpaired) electrons. The first kappa shape index (κ1) is 9.45. The van der Waals surface area contributed by atoms with Crippen LogP contribution in [0.2, 0.25) is 0 Å². The van der Waals surface area contributed by atoms with E-state index in [-0.39, 0.29) is 5.92 Å². The van der Waals surface area contributed by atoms with E-state index in [1.165, 1.54) is 0 Å². The maximum Gasteiger partial charge on any atom is 0.0669 e. The molecule has 0 aromatic rings. The van der Waals surface area contributed by atoms with E-state index in [1.54, 1.807) is 0 Å². The molecule has 0 spiro atoms. The third-order valence-corrected chi connectivity index (χ3v) is 1.46. The van der Waals surface area contributed by atoms with Crippen LogP contribution in [0.1, 0.15) is 26.7 Å². The van der Waals surface area contributed by atoms with Gasteiger partial charge < -0.3 is 5.32 Å². The second kappa shape index (κ2) is 6.57. The molecule has 1 unspecified atom stereocenters. The van der Waals surface area contributed by atoms with Gasteiger partial charge in [-0.05, 0) is 13.0 Å². The van der Waals surface area contributed by atoms with Gasteiger partial charge in [0.25, 0.3) is 0 Å². The van der Waals surface area contributed by atoms with E-state index >= 15 is 0 Å². The zero-order valence-electron chi connectivity index (χ0n) is 6.85. The highest BCUT2D eigenvalue weighted by molar-refractivity contribution is 4.83. The Bertz CT molecular complexity index is 104. The van der Waals surface area contributed by atoms with Gasteiger partial charge in [-0.1, -0.05) is 20.3 Å². The largest absolute Gasteiger partial charge is 0.316 e. The molecule has 0 bridgehead atoms. The lowest BCUT2D eigenvalue weighted by Crippen LogP contribution is -2.21. The third-order valence-electron chi connectivity index (χ3n) is 1.46. The topological polar surface area (TPSA) is 35.8 Å². The zero-order valence-corrected chi connectivity index (χ0v) is 6.85. The van der Waals surface area contributed by atoms with Crippen LogP contribution in [0, 0.1) is 17.2 Å². The summed E-state index contributed by atoms with van der Waals surface area (Å²) >= 11 is 0. The van der Waals surface area contributed by atoms with Crippen molar-refractivity contribution in [3.63, 3.8) is 0 Å². The van der Waals surface area contributed by atoms with E-state index < -0.39 is 0 Å². The fourth-order valence-corrected chi connectivity index (χ4v) is 0.879. The van der Waals surface area contributed by atoms with Crippen LogP contribution in [0.3, 0.4) is 0 Å². The second-order valence-electron chi connectivity index (χ2n) is 2.42. The van der Waals surface area contributed by atoms with Gasteiger partial charge in [0, 0.05) is 6.54 Å². The molecule has 0 aromatic carbocycles. The number of rotatable bonds is 5. The molecular formula is C8H16N2. The molecule has 0 rings (SSSR count). The summed E-state index contributed by atoms with van der Waals surface area (Å²) < 4.78 is 0. The number of nitriles is 1. The highest BCUT2D eigenvalue weighted by atomic mass is 14.8. The summed E-state index contributed by atoms with van der Waals surface area (Å²) in [5.41, 5.74) is 0. The summed E-state index contributed by atoms with van der Waals surface area (Å²) in [5, 5.41) is 11.8. The average Bonchev–Trinajstić information content (AvgIpc) is 1.98. The molecule has 0 amide bonds. The van der Waals surface area contributed by atoms with Crippen molar-refractivity contribution < 1.29 is 0 Å². The Morgan fingerprint density at radius 3 is 2.60 bits per heavy atom. The lowest BCUT2D eigenvalue weighted by atomic mass is 10.1. The molecule has 0 aliphatic carbocycles. The molecule has 10 heavy (non-hydrogen) atoms. The minimum absolute atomic E-state index is 0.213. The van der Waals surface area contributed by atoms with Gasteiger partial charge in [-0.15, -0.1) is 0 Å². The molecule has 0 saturated heterocycles. The van der Waals surface area contributed by atoms with Gasteiger partial charge in [0.1, 0.15) is 0 Å². The predicted octanol–water partition coefficient (Wildman–Crippen LogP) is 1.54. The molecule has 2 nitrogen and oxygen atoms in total. The minimum Gasteiger partial charge on any atom is -0.316 e. The van der Waals surface area contributed by atoms with Gasteiger partial charge in [0.05, 0.1) is 12.0 Å². The van der Waals surface area contributed by atoms with Crippen LogP contribution in [0.25, 0.3) is 0 Å². The van der Waals surface area contributed by atoms with Crippen LogP contribution in [0.5, 0.6) is 0 Å². The quantitative estimate of drug-likeness (QED) is 0.628. The van der Waals surface area contributed by atoms with Crippen LogP contribution in [0.4, 0.5) is 0 Å². The molecule has 0 aliphatic heterocycles. The van der Waals surface area contributed by atoms with Gasteiger partial charge in [-0.25, -0.2) is 0 Å². The lowest BCUT2D eigenvalue weighted by molar-refractivity contribution is 0.537. The van der Waals surface area contributed by atoms with Crippen LogP contribution in [0.15, 0.2) is 0 Å². The molecular weight excluding hydrogens is 124 g/mol. The Labute approximate surface area is 63.2 Å². The second-order valence-corrected chi connectivity index (χ2v) is 2.42. The Balaban J connectivity index is 3.33. The van der Waals surface area contributed by atoms with Crippen molar-refractivity contribution in [1.29, 1.82) is 5.26 Å². The summed E-state index contributed by atoms with van der Waals surface area (Å²) in [6, 6.07) is 2.28. The third kappa shape index (κ3) is 4.34. The van der Waals surface area contributed by atoms with Crippen molar-refractivity contribution in [3.05, 3.63) is 0 Å². The monoisotopic (exact) mass is 140 g/mol. The van der Waals surface area contributed by atoms with E-state index in [1.807, 2.05) is 0 Å². The first-order chi connectivity index (χ1) is 4.85. The van der Waals surface area contributed by atoms with E-state index in [9.17, 15) is 0 Å². The summed E-state index contributed by atoms with van der Waals surface area (Å²) in [7, 11) is 0. The number of nitrogens with one attached hydrogen (secondary N) is 1. The van der Waals surface area contributed by atoms with E-state index in [4.69, 9.17) is 5.26 Å². The number of hydrogen-bond donors (Lipinski definition) is 1. The Morgan fingerprint density at radius 1 is 1.50 bits per heavy atom. The van der Waals surface area contributed by atoms with Crippen molar-refractivity contribution in [2.24, 2.45) is 5.92 Å². The average molecular weight is 140 g/mol. The van der Waals surface area contributed by atoms with Crippen molar-refractivity contribution in [2.45, 2.75) is 26.7 Å². The Kier molecular flexibility index (Phi) is 6.21. The molecule has 58 valence electrons. The van der Waals surface area contributed by atoms with Gasteiger partial charge in [0.15, 0.2) is 0 Å². The summed E-state index contributed by atoms with van der Waals surface area (Å²) in [6.07, 6.45) is 2.12. The molecule has 0 saturated carbocycles. The molecule has 0 aromatic heterocycles. The van der Waals surface area contributed by atoms with Crippen LogP contribution < -0.4 is 5.32 Å². The van der Waals surface area contributed by atoms with Gasteiger partial charge >= 0.3 is 0 Å². The number of nitrogens with zero attached hydrogens (tertiary/aromatic N) is 1. The summed E-state index contributed by atoms with van der Waals surface area (Å²) in [4.78, 5) is 0. The Morgan fingerprint density at radius 2 is 2.20 bits per heavy atom. The van der Waals surface area contributed by atoms with Crippen molar-refractivity contribution >= 4 is 0 Å². The minimum atomic E-state index is 0.213. The summed E-state index contributed by atoms with van der Waals surface area (Å²) in [5.74, 6) is 0.213. The van der Waals surface area contributed by atoms with Crippen molar-refractivity contribution in [1.82, 2.24) is 5.32 Å². The normalized spacial score (nSPS) is 12.5. The van der Waals surface area contributed by atoms with Gasteiger partial charge in [-0.2, -0.15) is 5.26 Å². The molecule has 2 heteroatoms. The van der Waals surface area contributed by atoms with Crippen LogP contribution in [-0.2, 0) is 0 Å². The van der Waals surface area contributed by atoms with Crippen molar-refractivity contribution in [3.8, 4) is 6.07 Å². The standard InChI is InChI=1S/C8H16N2/c1-3-5-8(6-9)7-10-4-2/h8,10H,3-5,7H2,1-2H3. The molecule has 1 N–H and O–H groups in total. The lowest BCUT2D eigenvalue weighted by Gasteiger charge is -2.06. The van der Waals surface area contributed by atoms with E-state index in [2.05, 4.69) is 25.2 Å². The molecule has 1 atom stereocenters. The molecule has 0 heterocycles. The first-order valence-electron chi connectivity index (χ1n) is 3.95. The SMILES string of the molecule is CCCC(C#N)CNCC. The fraction of sp³-hybridized carbons (Fsp3) is 0.875. The highest BCUT2D eigenvalue weighted by Crippen LogP contribution is 2.02. The van der Waals surface area contributed by atoms with Crippen LogP contribution in [-0.4, -0.2) is 13.1 Å². The smallest absolute Gasteiger partial charge is 0.0669 e. The van der Waals surface area contributed by atoms with Gasteiger partial charge in [0.2, 0.25) is 0 Å². The highest BCUT2D eigenvalue weighted by Gasteiger charge is 2.02. The molecule has 0 aliphatic rings. The zero-order chi connectivity index (χ0) is 7.82. The van der Waals surface area contributed by atoms with E-state index in [0.717, 1.165) is 25.9 Å². The fourth-order valence-electron chi connectivity index (χ4n) is 0.879. The maximum absolute atomic E-state index is 8.59. The summed E-state index contributed by atoms with van der Waals surface area (Å²) in [6.45, 7) is 5.97. The van der Waals surface area contributed by atoms with E-state index in [0.29, 0.717) is 0 Å². The van der Waals surface area contributed by atoms with Crippen LogP contribution >= 0.6 is 0 Å². The first-order valence-corrected chi connectivity index (χ1v) is 3.95. The number of hydrogen-bond acceptors (Lipinski definition) is 2. The molecule has 0 fully saturated rings. The Hall–Kier alpha value is -0.550.